The second-order valence-electron chi connectivity index (χ2n) is 4.74. The highest BCUT2D eigenvalue weighted by molar-refractivity contribution is 5.90. The molecule has 0 unspecified atom stereocenters. The first-order chi connectivity index (χ1) is 11.0. The molecule has 23 heavy (non-hydrogen) atoms. The molecule has 0 saturated carbocycles. The van der Waals surface area contributed by atoms with E-state index in [0.717, 1.165) is 6.07 Å². The normalized spacial score (nSPS) is 12.2. The smallest absolute Gasteiger partial charge is 0.361 e. The molecular weight excluding hydrogens is 305 g/mol. The minimum Gasteiger partial charge on any atom is -0.361 e. The van der Waals surface area contributed by atoms with Gasteiger partial charge in [-0.1, -0.05) is 18.2 Å². The monoisotopic (exact) mass is 320 g/mol. The van der Waals surface area contributed by atoms with E-state index < -0.39 is 11.7 Å². The summed E-state index contributed by atoms with van der Waals surface area (Å²) < 4.78 is 46.3. The first-order valence-corrected chi connectivity index (χ1v) is 6.98. The van der Waals surface area contributed by atoms with Crippen LogP contribution in [0.25, 0.3) is 11.6 Å². The zero-order valence-corrected chi connectivity index (χ0v) is 12.5. The van der Waals surface area contributed by atoms with Gasteiger partial charge in [0.2, 0.25) is 0 Å². The van der Waals surface area contributed by atoms with E-state index in [1.807, 2.05) is 13.0 Å². The zero-order valence-electron chi connectivity index (χ0n) is 12.5. The van der Waals surface area contributed by atoms with Crippen LogP contribution in [-0.4, -0.2) is 11.2 Å². The highest BCUT2D eigenvalue weighted by Crippen LogP contribution is 2.35. The van der Waals surface area contributed by atoms with Crippen molar-refractivity contribution in [3.05, 3.63) is 59.4 Å². The fourth-order valence-electron chi connectivity index (χ4n) is 2.15. The van der Waals surface area contributed by atoms with Crippen molar-refractivity contribution in [2.45, 2.75) is 19.8 Å². The van der Waals surface area contributed by atoms with E-state index in [-0.39, 0.29) is 17.9 Å². The third-order valence-electron chi connectivity index (χ3n) is 3.23. The van der Waals surface area contributed by atoms with Crippen molar-refractivity contribution in [2.24, 2.45) is 0 Å². The highest BCUT2D eigenvalue weighted by Gasteiger charge is 2.33. The summed E-state index contributed by atoms with van der Waals surface area (Å²) in [5.74, 6) is 0. The summed E-state index contributed by atoms with van der Waals surface area (Å²) in [4.78, 5) is 0. The fourth-order valence-corrected chi connectivity index (χ4v) is 2.15. The summed E-state index contributed by atoms with van der Waals surface area (Å²) in [6.07, 6.45) is -1.34. The van der Waals surface area contributed by atoms with E-state index in [0.29, 0.717) is 12.3 Å². The topological polar surface area (TPSA) is 38.0 Å². The first kappa shape index (κ1) is 16.8. The summed E-state index contributed by atoms with van der Waals surface area (Å²) in [5, 5.41) is 9.31. The molecule has 0 radical (unpaired) electrons. The Morgan fingerprint density at radius 3 is 2.65 bits per heavy atom. The second kappa shape index (κ2) is 7.16. The summed E-state index contributed by atoms with van der Waals surface area (Å²) in [7, 11) is 0. The number of rotatable bonds is 5. The van der Waals surface area contributed by atoms with Gasteiger partial charge in [0.25, 0.3) is 0 Å². The summed E-state index contributed by atoms with van der Waals surface area (Å²) in [6, 6.07) is 10.4. The predicted octanol–water partition coefficient (Wildman–Crippen LogP) is 4.57. The van der Waals surface area contributed by atoms with Crippen LogP contribution in [0, 0.1) is 11.3 Å². The third kappa shape index (κ3) is 4.02. The fraction of sp³-hybridized carbons (Fsp3) is 0.235. The Balaban J connectivity index is 2.46. The lowest BCUT2D eigenvalue weighted by molar-refractivity contribution is -0.137. The molecule has 0 aliphatic heterocycles. The SMILES string of the molecule is CCOCn1cccc1/C=C(\C#N)c1ccccc1C(F)(F)F. The van der Waals surface area contributed by atoms with E-state index >= 15 is 0 Å². The maximum Gasteiger partial charge on any atom is 0.417 e. The van der Waals surface area contributed by atoms with Gasteiger partial charge in [0.05, 0.1) is 17.2 Å². The van der Waals surface area contributed by atoms with Gasteiger partial charge >= 0.3 is 6.18 Å². The molecule has 0 aliphatic rings. The van der Waals surface area contributed by atoms with Gasteiger partial charge in [-0.15, -0.1) is 0 Å². The number of nitrogens with zero attached hydrogens (tertiary/aromatic N) is 2. The van der Waals surface area contributed by atoms with E-state index in [1.54, 1.807) is 22.9 Å². The van der Waals surface area contributed by atoms with E-state index in [9.17, 15) is 18.4 Å². The van der Waals surface area contributed by atoms with Crippen LogP contribution in [0.4, 0.5) is 13.2 Å². The number of benzene rings is 1. The van der Waals surface area contributed by atoms with Gasteiger partial charge < -0.3 is 9.30 Å². The lowest BCUT2D eigenvalue weighted by atomic mass is 9.99. The molecule has 0 fully saturated rings. The Kier molecular flexibility index (Phi) is 5.24. The number of allylic oxidation sites excluding steroid dienone is 1. The molecule has 0 spiro atoms. The Bertz CT molecular complexity index is 739. The van der Waals surface area contributed by atoms with Gasteiger partial charge in [-0.3, -0.25) is 0 Å². The van der Waals surface area contributed by atoms with E-state index in [4.69, 9.17) is 4.74 Å². The molecule has 2 aromatic rings. The molecule has 0 atom stereocenters. The average Bonchev–Trinajstić information content (AvgIpc) is 2.97. The van der Waals surface area contributed by atoms with Gasteiger partial charge in [0.1, 0.15) is 6.73 Å². The molecular formula is C17H15F3N2O. The number of ether oxygens (including phenoxy) is 1. The molecule has 0 saturated heterocycles. The summed E-state index contributed by atoms with van der Waals surface area (Å²) in [5.41, 5.74) is -0.399. The first-order valence-electron chi connectivity index (χ1n) is 6.98. The number of hydrogen-bond acceptors (Lipinski definition) is 2. The number of aromatic nitrogens is 1. The van der Waals surface area contributed by atoms with Crippen LogP contribution >= 0.6 is 0 Å². The summed E-state index contributed by atoms with van der Waals surface area (Å²) in [6.45, 7) is 2.64. The maximum atomic E-state index is 13.1. The molecule has 0 bridgehead atoms. The minimum atomic E-state index is -4.51. The Morgan fingerprint density at radius 2 is 2.00 bits per heavy atom. The van der Waals surface area contributed by atoms with Gasteiger partial charge in [-0.25, -0.2) is 0 Å². The van der Waals surface area contributed by atoms with E-state index in [1.165, 1.54) is 24.3 Å². The van der Waals surface area contributed by atoms with Crippen LogP contribution in [0.1, 0.15) is 23.7 Å². The van der Waals surface area contributed by atoms with Crippen molar-refractivity contribution in [1.82, 2.24) is 4.57 Å². The van der Waals surface area contributed by atoms with E-state index in [2.05, 4.69) is 0 Å². The molecule has 1 aromatic heterocycles. The minimum absolute atomic E-state index is 0.0469. The molecule has 0 amide bonds. The van der Waals surface area contributed by atoms with Gasteiger partial charge in [0.15, 0.2) is 0 Å². The standard InChI is InChI=1S/C17H15F3N2O/c1-2-23-12-22-9-5-6-14(22)10-13(11-21)15-7-3-4-8-16(15)17(18,19)20/h3-10H,2,12H2,1H3/b13-10+. The average molecular weight is 320 g/mol. The van der Waals surface area contributed by atoms with Crippen LogP contribution in [0.5, 0.6) is 0 Å². The third-order valence-corrected chi connectivity index (χ3v) is 3.23. The second-order valence-corrected chi connectivity index (χ2v) is 4.74. The molecule has 6 heteroatoms. The van der Waals surface area contributed by atoms with Crippen LogP contribution in [-0.2, 0) is 17.6 Å². The van der Waals surface area contributed by atoms with Crippen LogP contribution in [0.2, 0.25) is 0 Å². The van der Waals surface area contributed by atoms with Crippen molar-refractivity contribution in [2.75, 3.05) is 6.61 Å². The maximum absolute atomic E-state index is 13.1. The quantitative estimate of drug-likeness (QED) is 0.757. The van der Waals surface area contributed by atoms with Crippen molar-refractivity contribution < 1.29 is 17.9 Å². The number of nitriles is 1. The molecule has 1 aromatic carbocycles. The van der Waals surface area contributed by atoms with Crippen molar-refractivity contribution in [3.8, 4) is 6.07 Å². The van der Waals surface area contributed by atoms with Crippen molar-refractivity contribution in [1.29, 1.82) is 5.26 Å². The molecule has 0 N–H and O–H groups in total. The van der Waals surface area contributed by atoms with Crippen molar-refractivity contribution in [3.63, 3.8) is 0 Å². The molecule has 1 heterocycles. The zero-order chi connectivity index (χ0) is 16.9. The predicted molar refractivity (Wildman–Crippen MR) is 81.0 cm³/mol. The number of hydrogen-bond donors (Lipinski definition) is 0. The molecule has 120 valence electrons. The lowest BCUT2D eigenvalue weighted by Gasteiger charge is -2.12. The van der Waals surface area contributed by atoms with Gasteiger partial charge in [-0.05, 0) is 31.2 Å². The Hall–Kier alpha value is -2.52. The Labute approximate surface area is 132 Å². The summed E-state index contributed by atoms with van der Waals surface area (Å²) >= 11 is 0. The highest BCUT2D eigenvalue weighted by atomic mass is 19.4. The van der Waals surface area contributed by atoms with Crippen LogP contribution in [0.3, 0.4) is 0 Å². The number of halogens is 3. The largest absolute Gasteiger partial charge is 0.417 e. The van der Waals surface area contributed by atoms with Crippen molar-refractivity contribution >= 4 is 11.6 Å². The lowest BCUT2D eigenvalue weighted by Crippen LogP contribution is -2.08. The molecule has 2 rings (SSSR count). The van der Waals surface area contributed by atoms with Gasteiger partial charge in [0, 0.05) is 24.1 Å². The van der Waals surface area contributed by atoms with Crippen LogP contribution in [0.15, 0.2) is 42.6 Å². The Morgan fingerprint density at radius 1 is 1.26 bits per heavy atom. The number of alkyl halides is 3. The molecule has 0 aliphatic carbocycles. The van der Waals surface area contributed by atoms with Gasteiger partial charge in [-0.2, -0.15) is 18.4 Å². The molecule has 3 nitrogen and oxygen atoms in total. The van der Waals surface area contributed by atoms with Crippen LogP contribution < -0.4 is 0 Å².